The molecule has 0 saturated heterocycles. The number of nitrogens with one attached hydrogen (secondary N) is 1. The molecule has 24 heavy (non-hydrogen) atoms. The fourth-order valence-corrected chi connectivity index (χ4v) is 4.39. The first kappa shape index (κ1) is 15.5. The smallest absolute Gasteiger partial charge is 0.271 e. The molecule has 1 aliphatic rings. The van der Waals surface area contributed by atoms with E-state index in [4.69, 9.17) is 0 Å². The minimum atomic E-state index is -0.431. The molecule has 5 nitrogen and oxygen atoms in total. The van der Waals surface area contributed by atoms with Gasteiger partial charge in [0.15, 0.2) is 4.96 Å². The summed E-state index contributed by atoms with van der Waals surface area (Å²) in [5.74, 6) is -0.431. The third-order valence-electron chi connectivity index (χ3n) is 4.15. The Morgan fingerprint density at radius 1 is 1.21 bits per heavy atom. The Kier molecular flexibility index (Phi) is 3.97. The molecule has 4 rings (SSSR count). The first-order valence-electron chi connectivity index (χ1n) is 7.73. The van der Waals surface area contributed by atoms with Gasteiger partial charge in [-0.15, -0.1) is 11.3 Å². The molecule has 122 valence electrons. The van der Waals surface area contributed by atoms with Crippen molar-refractivity contribution in [2.75, 3.05) is 5.32 Å². The molecule has 2 aromatic heterocycles. The zero-order chi connectivity index (χ0) is 16.7. The summed E-state index contributed by atoms with van der Waals surface area (Å²) in [4.78, 5) is 31.5. The van der Waals surface area contributed by atoms with Gasteiger partial charge in [-0.3, -0.25) is 14.0 Å². The minimum Gasteiger partial charge on any atom is -0.322 e. The lowest BCUT2D eigenvalue weighted by molar-refractivity contribution is 0.102. The van der Waals surface area contributed by atoms with E-state index < -0.39 is 5.91 Å². The molecule has 2 heterocycles. The average Bonchev–Trinajstić information content (AvgIpc) is 2.96. The number of nitrogens with zero attached hydrogens (tertiary/aromatic N) is 2. The van der Waals surface area contributed by atoms with E-state index in [1.165, 1.54) is 11.1 Å². The molecule has 3 aromatic rings. The summed E-state index contributed by atoms with van der Waals surface area (Å²) in [7, 11) is 0. The number of hydrogen-bond donors (Lipinski definition) is 1. The van der Waals surface area contributed by atoms with Crippen molar-refractivity contribution >= 4 is 43.8 Å². The highest BCUT2D eigenvalue weighted by Gasteiger charge is 2.21. The first-order chi connectivity index (χ1) is 11.6. The SMILES string of the molecule is O=C(Nc1ccc(Br)cc1)c1cnc2sc3c(n2c1=O)CCCC3. The number of carbonyl (C=O) groups is 1. The van der Waals surface area contributed by atoms with Crippen LogP contribution in [0.15, 0.2) is 39.7 Å². The van der Waals surface area contributed by atoms with Gasteiger partial charge in [0.25, 0.3) is 11.5 Å². The number of carbonyl (C=O) groups excluding carboxylic acids is 1. The van der Waals surface area contributed by atoms with E-state index in [2.05, 4.69) is 26.2 Å². The molecule has 0 fully saturated rings. The Morgan fingerprint density at radius 2 is 1.96 bits per heavy atom. The van der Waals surface area contributed by atoms with Crippen molar-refractivity contribution in [1.82, 2.24) is 9.38 Å². The second-order valence-corrected chi connectivity index (χ2v) is 7.71. The number of halogens is 1. The predicted molar refractivity (Wildman–Crippen MR) is 98.1 cm³/mol. The van der Waals surface area contributed by atoms with Crippen LogP contribution in [0.1, 0.15) is 33.8 Å². The molecule has 1 aliphatic carbocycles. The molecule has 0 unspecified atom stereocenters. The van der Waals surface area contributed by atoms with Crippen molar-refractivity contribution in [2.45, 2.75) is 25.7 Å². The van der Waals surface area contributed by atoms with Crippen molar-refractivity contribution in [3.8, 4) is 0 Å². The predicted octanol–water partition coefficient (Wildman–Crippen LogP) is 3.65. The molecule has 0 bridgehead atoms. The maximum absolute atomic E-state index is 12.8. The van der Waals surface area contributed by atoms with Crippen LogP contribution in [0.3, 0.4) is 0 Å². The molecule has 0 aliphatic heterocycles. The van der Waals surface area contributed by atoms with Gasteiger partial charge in [-0.05, 0) is 49.9 Å². The normalized spacial score (nSPS) is 13.7. The van der Waals surface area contributed by atoms with E-state index in [-0.39, 0.29) is 11.1 Å². The summed E-state index contributed by atoms with van der Waals surface area (Å²) in [6, 6.07) is 7.22. The number of aromatic nitrogens is 2. The van der Waals surface area contributed by atoms with Gasteiger partial charge < -0.3 is 5.32 Å². The lowest BCUT2D eigenvalue weighted by atomic mass is 10.0. The van der Waals surface area contributed by atoms with Crippen LogP contribution in [0.5, 0.6) is 0 Å². The Labute approximate surface area is 150 Å². The summed E-state index contributed by atoms with van der Waals surface area (Å²) >= 11 is 4.91. The monoisotopic (exact) mass is 403 g/mol. The second kappa shape index (κ2) is 6.14. The van der Waals surface area contributed by atoms with E-state index in [1.54, 1.807) is 27.9 Å². The van der Waals surface area contributed by atoms with Gasteiger partial charge >= 0.3 is 0 Å². The fraction of sp³-hybridized carbons (Fsp3) is 0.235. The summed E-state index contributed by atoms with van der Waals surface area (Å²) in [5.41, 5.74) is 1.45. The number of aryl methyl sites for hydroxylation is 2. The molecule has 0 spiro atoms. The van der Waals surface area contributed by atoms with Crippen molar-refractivity contribution < 1.29 is 4.79 Å². The molecular formula is C17H14BrN3O2S. The van der Waals surface area contributed by atoms with Gasteiger partial charge in [-0.2, -0.15) is 0 Å². The topological polar surface area (TPSA) is 63.5 Å². The molecule has 1 N–H and O–H groups in total. The maximum Gasteiger partial charge on any atom is 0.271 e. The summed E-state index contributed by atoms with van der Waals surface area (Å²) < 4.78 is 2.55. The van der Waals surface area contributed by atoms with Crippen LogP contribution < -0.4 is 10.9 Å². The summed E-state index contributed by atoms with van der Waals surface area (Å²) in [5, 5.41) is 2.75. The first-order valence-corrected chi connectivity index (χ1v) is 9.33. The number of thiazole rings is 1. The number of amides is 1. The molecule has 0 saturated carbocycles. The molecule has 0 radical (unpaired) electrons. The number of anilines is 1. The van der Waals surface area contributed by atoms with Crippen molar-refractivity contribution in [1.29, 1.82) is 0 Å². The van der Waals surface area contributed by atoms with Gasteiger partial charge in [0.05, 0.1) is 0 Å². The molecule has 7 heteroatoms. The van der Waals surface area contributed by atoms with E-state index >= 15 is 0 Å². The van der Waals surface area contributed by atoms with Crippen molar-refractivity contribution in [2.24, 2.45) is 0 Å². The van der Waals surface area contributed by atoms with E-state index in [0.29, 0.717) is 10.6 Å². The van der Waals surface area contributed by atoms with Gasteiger partial charge in [-0.1, -0.05) is 15.9 Å². The Hall–Kier alpha value is -1.99. The van der Waals surface area contributed by atoms with Crippen LogP contribution in [0.2, 0.25) is 0 Å². The Bertz CT molecular complexity index is 991. The van der Waals surface area contributed by atoms with Crippen LogP contribution in [0.25, 0.3) is 4.96 Å². The molecule has 1 aromatic carbocycles. The highest BCUT2D eigenvalue weighted by Crippen LogP contribution is 2.28. The Balaban J connectivity index is 1.74. The van der Waals surface area contributed by atoms with E-state index in [1.807, 2.05) is 12.1 Å². The number of benzene rings is 1. The summed E-state index contributed by atoms with van der Waals surface area (Å²) in [6.45, 7) is 0. The second-order valence-electron chi connectivity index (χ2n) is 5.74. The zero-order valence-electron chi connectivity index (χ0n) is 12.7. The van der Waals surface area contributed by atoms with Gasteiger partial charge in [0.1, 0.15) is 5.56 Å². The number of hydrogen-bond acceptors (Lipinski definition) is 4. The van der Waals surface area contributed by atoms with Crippen LogP contribution in [0.4, 0.5) is 5.69 Å². The molecular weight excluding hydrogens is 390 g/mol. The number of fused-ring (bicyclic) bond motifs is 3. The lowest BCUT2D eigenvalue weighted by Crippen LogP contribution is -2.27. The third kappa shape index (κ3) is 2.67. The van der Waals surface area contributed by atoms with Gasteiger partial charge in [0, 0.05) is 26.9 Å². The average molecular weight is 404 g/mol. The van der Waals surface area contributed by atoms with Crippen LogP contribution in [-0.4, -0.2) is 15.3 Å². The van der Waals surface area contributed by atoms with Crippen molar-refractivity contribution in [3.63, 3.8) is 0 Å². The lowest BCUT2D eigenvalue weighted by Gasteiger charge is -2.10. The summed E-state index contributed by atoms with van der Waals surface area (Å²) in [6.07, 6.45) is 5.46. The standard InChI is InChI=1S/C17H14BrN3O2S/c18-10-5-7-11(8-6-10)20-15(22)12-9-19-17-21(16(12)23)13-3-1-2-4-14(13)24-17/h5-9H,1-4H2,(H,20,22). The highest BCUT2D eigenvalue weighted by atomic mass is 79.9. The maximum atomic E-state index is 12.8. The zero-order valence-corrected chi connectivity index (χ0v) is 15.1. The van der Waals surface area contributed by atoms with Crippen LogP contribution in [0, 0.1) is 0 Å². The van der Waals surface area contributed by atoms with Gasteiger partial charge in [0.2, 0.25) is 0 Å². The minimum absolute atomic E-state index is 0.0709. The Morgan fingerprint density at radius 3 is 2.75 bits per heavy atom. The quantitative estimate of drug-likeness (QED) is 0.709. The number of rotatable bonds is 2. The molecule has 1 amide bonds. The van der Waals surface area contributed by atoms with Crippen LogP contribution >= 0.6 is 27.3 Å². The third-order valence-corrected chi connectivity index (χ3v) is 5.83. The molecule has 0 atom stereocenters. The highest BCUT2D eigenvalue weighted by molar-refractivity contribution is 9.10. The largest absolute Gasteiger partial charge is 0.322 e. The van der Waals surface area contributed by atoms with Gasteiger partial charge in [-0.25, -0.2) is 4.98 Å². The van der Waals surface area contributed by atoms with Crippen molar-refractivity contribution in [3.05, 3.63) is 61.4 Å². The van der Waals surface area contributed by atoms with Crippen LogP contribution in [-0.2, 0) is 12.8 Å². The van der Waals surface area contributed by atoms with E-state index in [9.17, 15) is 9.59 Å². The fourth-order valence-electron chi connectivity index (χ4n) is 2.96. The van der Waals surface area contributed by atoms with E-state index in [0.717, 1.165) is 35.8 Å².